The molecule has 0 N–H and O–H groups in total. The molecule has 0 aromatic heterocycles. The lowest BCUT2D eigenvalue weighted by molar-refractivity contribution is 0.354. The minimum atomic E-state index is 0.0116. The van der Waals surface area contributed by atoms with Gasteiger partial charge in [0.15, 0.2) is 0 Å². The summed E-state index contributed by atoms with van der Waals surface area (Å²) < 4.78 is 0. The highest BCUT2D eigenvalue weighted by atomic mass is 15.1. The Hall–Kier alpha value is -3.96. The van der Waals surface area contributed by atoms with E-state index in [2.05, 4.69) is 30.2 Å². The Bertz CT molecular complexity index is 1150. The van der Waals surface area contributed by atoms with Crippen molar-refractivity contribution in [2.75, 3.05) is 19.0 Å². The summed E-state index contributed by atoms with van der Waals surface area (Å²) in [5.74, 6) is 0. The number of nitriles is 2. The van der Waals surface area contributed by atoms with Gasteiger partial charge in [0.25, 0.3) is 0 Å². The first-order valence-corrected chi connectivity index (χ1v) is 10.5. The maximum absolute atomic E-state index is 9.22. The van der Waals surface area contributed by atoms with Gasteiger partial charge in [-0.25, -0.2) is 0 Å². The minimum Gasteiger partial charge on any atom is -0.378 e. The molecule has 5 heteroatoms. The number of hydrogen-bond donors (Lipinski definition) is 0. The maximum atomic E-state index is 9.22. The van der Waals surface area contributed by atoms with Crippen molar-refractivity contribution in [3.63, 3.8) is 0 Å². The Morgan fingerprint density at radius 2 is 1.44 bits per heavy atom. The first-order valence-electron chi connectivity index (χ1n) is 10.5. The molecule has 0 aliphatic heterocycles. The van der Waals surface area contributed by atoms with Crippen molar-refractivity contribution >= 4 is 23.1 Å². The molecule has 0 heterocycles. The topological polar surface area (TPSA) is 75.5 Å². The summed E-state index contributed by atoms with van der Waals surface area (Å²) in [7, 11) is 4.01. The van der Waals surface area contributed by atoms with Crippen molar-refractivity contribution in [3.8, 4) is 12.1 Å². The molecule has 1 aliphatic carbocycles. The minimum absolute atomic E-state index is 0.0116. The van der Waals surface area contributed by atoms with Gasteiger partial charge in [0, 0.05) is 19.8 Å². The number of allylic oxidation sites excluding steroid dienone is 5. The smallest absolute Gasteiger partial charge is 0.132 e. The lowest BCUT2D eigenvalue weighted by atomic mass is 9.74. The van der Waals surface area contributed by atoms with E-state index >= 15 is 0 Å². The summed E-state index contributed by atoms with van der Waals surface area (Å²) >= 11 is 0. The molecule has 2 aromatic rings. The van der Waals surface area contributed by atoms with Crippen molar-refractivity contribution in [3.05, 3.63) is 83.0 Å². The monoisotopic (exact) mass is 421 g/mol. The van der Waals surface area contributed by atoms with Crippen molar-refractivity contribution in [1.29, 1.82) is 10.5 Å². The highest BCUT2D eigenvalue weighted by Gasteiger charge is 2.26. The van der Waals surface area contributed by atoms with Gasteiger partial charge in [-0.15, -0.1) is 0 Å². The lowest BCUT2D eigenvalue weighted by Crippen LogP contribution is -2.17. The highest BCUT2D eigenvalue weighted by molar-refractivity contribution is 5.58. The Morgan fingerprint density at radius 1 is 0.875 bits per heavy atom. The summed E-state index contributed by atoms with van der Waals surface area (Å²) in [5.41, 5.74) is 5.92. The molecule has 0 radical (unpaired) electrons. The number of benzene rings is 2. The van der Waals surface area contributed by atoms with Gasteiger partial charge >= 0.3 is 0 Å². The van der Waals surface area contributed by atoms with E-state index in [0.29, 0.717) is 0 Å². The fraction of sp³-hybridized carbons (Fsp3) is 0.259. The second kappa shape index (κ2) is 9.90. The molecule has 32 heavy (non-hydrogen) atoms. The third kappa shape index (κ3) is 6.03. The Labute approximate surface area is 190 Å². The van der Waals surface area contributed by atoms with Gasteiger partial charge < -0.3 is 4.90 Å². The van der Waals surface area contributed by atoms with Crippen molar-refractivity contribution in [1.82, 2.24) is 0 Å². The molecular formula is C27H27N5. The quantitative estimate of drug-likeness (QED) is 0.376. The molecule has 2 aromatic carbocycles. The van der Waals surface area contributed by atoms with Gasteiger partial charge in [0.1, 0.15) is 17.7 Å². The van der Waals surface area contributed by atoms with E-state index in [1.54, 1.807) is 0 Å². The summed E-state index contributed by atoms with van der Waals surface area (Å²) in [6.45, 7) is 4.32. The molecular weight excluding hydrogens is 394 g/mol. The molecule has 0 amide bonds. The largest absolute Gasteiger partial charge is 0.378 e. The second-order valence-electron chi connectivity index (χ2n) is 8.90. The molecule has 0 atom stereocenters. The second-order valence-corrected chi connectivity index (χ2v) is 8.90. The van der Waals surface area contributed by atoms with E-state index in [1.165, 1.54) is 0 Å². The van der Waals surface area contributed by atoms with E-state index in [9.17, 15) is 10.5 Å². The van der Waals surface area contributed by atoms with Crippen LogP contribution in [0.4, 0.5) is 17.1 Å². The van der Waals surface area contributed by atoms with Crippen LogP contribution in [0.2, 0.25) is 0 Å². The Balaban J connectivity index is 1.72. The van der Waals surface area contributed by atoms with Gasteiger partial charge in [0.2, 0.25) is 0 Å². The van der Waals surface area contributed by atoms with Crippen LogP contribution in [0.15, 0.2) is 87.6 Å². The number of rotatable bonds is 5. The summed E-state index contributed by atoms with van der Waals surface area (Å²) in [5, 5.41) is 27.1. The zero-order valence-electron chi connectivity index (χ0n) is 19.0. The van der Waals surface area contributed by atoms with Crippen molar-refractivity contribution in [2.45, 2.75) is 26.7 Å². The molecule has 0 saturated carbocycles. The van der Waals surface area contributed by atoms with E-state index in [4.69, 9.17) is 0 Å². The van der Waals surface area contributed by atoms with Crippen molar-refractivity contribution in [2.24, 2.45) is 15.6 Å². The van der Waals surface area contributed by atoms with Crippen LogP contribution in [0.1, 0.15) is 32.3 Å². The molecule has 0 fully saturated rings. The number of anilines is 1. The highest BCUT2D eigenvalue weighted by Crippen LogP contribution is 2.39. The van der Waals surface area contributed by atoms with E-state index in [-0.39, 0.29) is 11.0 Å². The van der Waals surface area contributed by atoms with Gasteiger partial charge in [-0.2, -0.15) is 20.8 Å². The standard InChI is InChI=1S/C27H27N5/c1-27(2)16-21(15-22(17-27)23(18-28)19-29)6-5-20-7-9-24(10-8-20)30-31-25-11-13-26(14-12-25)32(3)4/h5-15H,16-17H2,1-4H3. The van der Waals surface area contributed by atoms with Gasteiger partial charge in [-0.3, -0.25) is 0 Å². The van der Waals surface area contributed by atoms with Crippen LogP contribution >= 0.6 is 0 Å². The number of nitrogens with zero attached hydrogens (tertiary/aromatic N) is 5. The summed E-state index contributed by atoms with van der Waals surface area (Å²) in [6.07, 6.45) is 7.72. The Morgan fingerprint density at radius 3 is 1.97 bits per heavy atom. The maximum Gasteiger partial charge on any atom is 0.132 e. The van der Waals surface area contributed by atoms with Crippen molar-refractivity contribution < 1.29 is 0 Å². The zero-order valence-corrected chi connectivity index (χ0v) is 19.0. The summed E-state index contributed by atoms with van der Waals surface area (Å²) in [6, 6.07) is 19.8. The first kappa shape index (κ1) is 22.7. The fourth-order valence-electron chi connectivity index (χ4n) is 3.68. The normalized spacial score (nSPS) is 15.3. The van der Waals surface area contributed by atoms with Gasteiger partial charge in [-0.05, 0) is 71.4 Å². The van der Waals surface area contributed by atoms with Crippen LogP contribution in [0.3, 0.4) is 0 Å². The predicted octanol–water partition coefficient (Wildman–Crippen LogP) is 7.27. The lowest BCUT2D eigenvalue weighted by Gasteiger charge is -2.30. The van der Waals surface area contributed by atoms with E-state index < -0.39 is 0 Å². The molecule has 160 valence electrons. The van der Waals surface area contributed by atoms with Crippen LogP contribution in [0, 0.1) is 28.1 Å². The molecule has 0 bridgehead atoms. The van der Waals surface area contributed by atoms with Crippen LogP contribution in [0.5, 0.6) is 0 Å². The molecule has 0 unspecified atom stereocenters. The van der Waals surface area contributed by atoms with E-state index in [1.807, 2.05) is 91.8 Å². The Kier molecular flexibility index (Phi) is 7.03. The molecule has 0 saturated heterocycles. The molecule has 5 nitrogen and oxygen atoms in total. The van der Waals surface area contributed by atoms with E-state index in [0.717, 1.165) is 46.6 Å². The molecule has 3 rings (SSSR count). The molecule has 1 aliphatic rings. The van der Waals surface area contributed by atoms with Crippen LogP contribution in [-0.4, -0.2) is 14.1 Å². The van der Waals surface area contributed by atoms with Gasteiger partial charge in [0.05, 0.1) is 11.4 Å². The number of azo groups is 1. The average Bonchev–Trinajstić information content (AvgIpc) is 2.77. The summed E-state index contributed by atoms with van der Waals surface area (Å²) in [4.78, 5) is 2.04. The first-order chi connectivity index (χ1) is 15.3. The SMILES string of the molecule is CN(C)c1ccc(N=Nc2ccc(C=CC3=CC(=C(C#N)C#N)CC(C)(C)C3)cc2)cc1. The van der Waals surface area contributed by atoms with Crippen LogP contribution in [0.25, 0.3) is 6.08 Å². The van der Waals surface area contributed by atoms with Gasteiger partial charge in [-0.1, -0.05) is 44.2 Å². The molecule has 0 spiro atoms. The van der Waals surface area contributed by atoms with Crippen LogP contribution in [-0.2, 0) is 0 Å². The predicted molar refractivity (Wildman–Crippen MR) is 130 cm³/mol. The van der Waals surface area contributed by atoms with Crippen LogP contribution < -0.4 is 4.90 Å². The third-order valence-electron chi connectivity index (χ3n) is 5.29. The number of hydrogen-bond acceptors (Lipinski definition) is 5. The fourth-order valence-corrected chi connectivity index (χ4v) is 3.68. The zero-order chi connectivity index (χ0) is 23.1. The third-order valence-corrected chi connectivity index (χ3v) is 5.29. The average molecular weight is 422 g/mol.